The van der Waals surface area contributed by atoms with Crippen LogP contribution in [0.5, 0.6) is 0 Å². The third-order valence-electron chi connectivity index (χ3n) is 4.52. The minimum absolute atomic E-state index is 0.117. The third kappa shape index (κ3) is 5.03. The molecule has 0 spiro atoms. The summed E-state index contributed by atoms with van der Waals surface area (Å²) in [6.45, 7) is 0.896. The molecule has 2 aromatic rings. The summed E-state index contributed by atoms with van der Waals surface area (Å²) in [6.07, 6.45) is 3.20. The van der Waals surface area contributed by atoms with E-state index >= 15 is 0 Å². The summed E-state index contributed by atoms with van der Waals surface area (Å²) in [4.78, 5) is 12.3. The lowest BCUT2D eigenvalue weighted by atomic mass is 10.0. The van der Waals surface area contributed by atoms with E-state index in [1.54, 1.807) is 40.0 Å². The molecule has 1 N–H and O–H groups in total. The molecule has 1 aliphatic heterocycles. The van der Waals surface area contributed by atoms with Crippen LogP contribution in [0.1, 0.15) is 36.0 Å². The first-order chi connectivity index (χ1) is 12.9. The summed E-state index contributed by atoms with van der Waals surface area (Å²) in [7, 11) is -3.48. The van der Waals surface area contributed by atoms with Crippen molar-refractivity contribution in [2.45, 2.75) is 35.9 Å². The number of carbonyl (C=O) groups is 1. The zero-order valence-corrected chi connectivity index (χ0v) is 17.7. The Bertz CT molecular complexity index is 881. The molecule has 1 saturated heterocycles. The Kier molecular flexibility index (Phi) is 6.81. The van der Waals surface area contributed by atoms with Gasteiger partial charge in [0.2, 0.25) is 0 Å². The van der Waals surface area contributed by atoms with Crippen LogP contribution >= 0.6 is 34.5 Å². The maximum Gasteiger partial charge on any atom is 0.252 e. The highest BCUT2D eigenvalue weighted by Gasteiger charge is 2.33. The predicted octanol–water partition coefficient (Wildman–Crippen LogP) is 4.42. The van der Waals surface area contributed by atoms with Gasteiger partial charge in [-0.1, -0.05) is 35.7 Å². The highest BCUT2D eigenvalue weighted by molar-refractivity contribution is 7.91. The molecule has 2 heterocycles. The molecule has 1 aromatic carbocycles. The topological polar surface area (TPSA) is 66.5 Å². The Balaban J connectivity index is 1.63. The van der Waals surface area contributed by atoms with Gasteiger partial charge >= 0.3 is 0 Å². The SMILES string of the molecule is O=C(NCCC1CCCCN1S(=O)(=O)c1cccs1)c1cc(Cl)cc(Cl)c1. The van der Waals surface area contributed by atoms with E-state index in [4.69, 9.17) is 23.2 Å². The molecule has 0 aliphatic carbocycles. The zero-order valence-electron chi connectivity index (χ0n) is 14.5. The first-order valence-corrected chi connectivity index (χ1v) is 11.7. The van der Waals surface area contributed by atoms with Gasteiger partial charge in [-0.25, -0.2) is 8.42 Å². The van der Waals surface area contributed by atoms with Crippen molar-refractivity contribution < 1.29 is 13.2 Å². The molecule has 1 aliphatic rings. The Hall–Kier alpha value is -1.12. The van der Waals surface area contributed by atoms with E-state index in [1.165, 1.54) is 11.3 Å². The number of sulfonamides is 1. The van der Waals surface area contributed by atoms with E-state index in [0.29, 0.717) is 39.3 Å². The molecule has 1 unspecified atom stereocenters. The van der Waals surface area contributed by atoms with Crippen molar-refractivity contribution >= 4 is 50.5 Å². The van der Waals surface area contributed by atoms with Crippen molar-refractivity contribution in [1.29, 1.82) is 0 Å². The molecule has 1 fully saturated rings. The quantitative estimate of drug-likeness (QED) is 0.713. The Labute approximate surface area is 173 Å². The minimum Gasteiger partial charge on any atom is -0.352 e. The average Bonchev–Trinajstić information content (AvgIpc) is 3.16. The van der Waals surface area contributed by atoms with Gasteiger partial charge in [0.1, 0.15) is 4.21 Å². The number of rotatable bonds is 6. The number of piperidine rings is 1. The predicted molar refractivity (Wildman–Crippen MR) is 109 cm³/mol. The van der Waals surface area contributed by atoms with Gasteiger partial charge in [-0.15, -0.1) is 11.3 Å². The maximum absolute atomic E-state index is 12.9. The summed E-state index contributed by atoms with van der Waals surface area (Å²) in [5.41, 5.74) is 0.388. The summed E-state index contributed by atoms with van der Waals surface area (Å²) in [5.74, 6) is -0.275. The van der Waals surface area contributed by atoms with Gasteiger partial charge in [0.25, 0.3) is 15.9 Å². The van der Waals surface area contributed by atoms with Crippen LogP contribution in [0.15, 0.2) is 39.9 Å². The van der Waals surface area contributed by atoms with Crippen LogP contribution in [0, 0.1) is 0 Å². The minimum atomic E-state index is -3.48. The fraction of sp³-hybridized carbons (Fsp3) is 0.389. The van der Waals surface area contributed by atoms with Gasteiger partial charge in [0, 0.05) is 34.7 Å². The van der Waals surface area contributed by atoms with Crippen molar-refractivity contribution in [3.8, 4) is 0 Å². The molecule has 27 heavy (non-hydrogen) atoms. The van der Waals surface area contributed by atoms with Crippen LogP contribution in [0.2, 0.25) is 10.0 Å². The lowest BCUT2D eigenvalue weighted by molar-refractivity contribution is 0.0949. The molecular formula is C18H20Cl2N2O3S2. The molecule has 0 radical (unpaired) electrons. The Morgan fingerprint density at radius 1 is 1.22 bits per heavy atom. The largest absolute Gasteiger partial charge is 0.352 e. The Morgan fingerprint density at radius 3 is 2.63 bits per heavy atom. The monoisotopic (exact) mass is 446 g/mol. The summed E-state index contributed by atoms with van der Waals surface area (Å²) in [6, 6.07) is 7.93. The van der Waals surface area contributed by atoms with Crippen LogP contribution in [0.3, 0.4) is 0 Å². The summed E-state index contributed by atoms with van der Waals surface area (Å²) in [5, 5.41) is 5.39. The number of thiophene rings is 1. The molecule has 9 heteroatoms. The second-order valence-electron chi connectivity index (χ2n) is 6.40. The fourth-order valence-electron chi connectivity index (χ4n) is 3.24. The number of nitrogens with zero attached hydrogens (tertiary/aromatic N) is 1. The van der Waals surface area contributed by atoms with Crippen molar-refractivity contribution in [1.82, 2.24) is 9.62 Å². The number of nitrogens with one attached hydrogen (secondary N) is 1. The van der Waals surface area contributed by atoms with Gasteiger partial charge in [-0.3, -0.25) is 4.79 Å². The average molecular weight is 447 g/mol. The van der Waals surface area contributed by atoms with Gasteiger partial charge in [-0.05, 0) is 48.9 Å². The standard InChI is InChI=1S/C18H20Cl2N2O3S2/c19-14-10-13(11-15(20)12-14)18(23)21-7-6-16-4-1-2-8-22(16)27(24,25)17-5-3-9-26-17/h3,5,9-12,16H,1-2,4,6-8H2,(H,21,23). The van der Waals surface area contributed by atoms with Crippen LogP contribution in [-0.4, -0.2) is 37.8 Å². The molecule has 5 nitrogen and oxygen atoms in total. The van der Waals surface area contributed by atoms with E-state index in [2.05, 4.69) is 5.32 Å². The van der Waals surface area contributed by atoms with Gasteiger partial charge in [0.15, 0.2) is 0 Å². The van der Waals surface area contributed by atoms with E-state index in [-0.39, 0.29) is 11.9 Å². The smallest absolute Gasteiger partial charge is 0.252 e. The highest BCUT2D eigenvalue weighted by Crippen LogP contribution is 2.29. The number of carbonyl (C=O) groups excluding carboxylic acids is 1. The molecule has 146 valence electrons. The lowest BCUT2D eigenvalue weighted by Crippen LogP contribution is -2.44. The fourth-order valence-corrected chi connectivity index (χ4v) is 6.61. The van der Waals surface area contributed by atoms with Gasteiger partial charge in [-0.2, -0.15) is 4.31 Å². The number of hydrogen-bond acceptors (Lipinski definition) is 4. The summed E-state index contributed by atoms with van der Waals surface area (Å²) >= 11 is 13.1. The maximum atomic E-state index is 12.9. The lowest BCUT2D eigenvalue weighted by Gasteiger charge is -2.34. The number of hydrogen-bond donors (Lipinski definition) is 1. The number of benzene rings is 1. The van der Waals surface area contributed by atoms with Gasteiger partial charge in [0.05, 0.1) is 0 Å². The van der Waals surface area contributed by atoms with Crippen LogP contribution in [0.25, 0.3) is 0 Å². The molecule has 0 saturated carbocycles. The van der Waals surface area contributed by atoms with Crippen LogP contribution in [0.4, 0.5) is 0 Å². The molecule has 1 aromatic heterocycles. The Morgan fingerprint density at radius 2 is 1.96 bits per heavy atom. The highest BCUT2D eigenvalue weighted by atomic mass is 35.5. The molecule has 1 atom stereocenters. The van der Waals surface area contributed by atoms with E-state index < -0.39 is 10.0 Å². The normalized spacial score (nSPS) is 18.4. The first-order valence-electron chi connectivity index (χ1n) is 8.67. The van der Waals surface area contributed by atoms with Gasteiger partial charge < -0.3 is 5.32 Å². The van der Waals surface area contributed by atoms with Crippen molar-refractivity contribution in [3.63, 3.8) is 0 Å². The molecule has 0 bridgehead atoms. The summed E-state index contributed by atoms with van der Waals surface area (Å²) < 4.78 is 27.7. The molecule has 1 amide bonds. The van der Waals surface area contributed by atoms with E-state index in [0.717, 1.165) is 19.3 Å². The van der Waals surface area contributed by atoms with Crippen LogP contribution in [-0.2, 0) is 10.0 Å². The molecule has 3 rings (SSSR count). The molecular weight excluding hydrogens is 427 g/mol. The van der Waals surface area contributed by atoms with E-state index in [9.17, 15) is 13.2 Å². The second kappa shape index (κ2) is 8.92. The van der Waals surface area contributed by atoms with Crippen molar-refractivity contribution in [2.24, 2.45) is 0 Å². The number of amides is 1. The van der Waals surface area contributed by atoms with Crippen molar-refractivity contribution in [3.05, 3.63) is 51.3 Å². The number of halogens is 2. The second-order valence-corrected chi connectivity index (χ2v) is 10.3. The van der Waals surface area contributed by atoms with E-state index in [1.807, 2.05) is 0 Å². The first kappa shape index (κ1) is 20.6. The zero-order chi connectivity index (χ0) is 19.4. The van der Waals surface area contributed by atoms with Crippen molar-refractivity contribution in [2.75, 3.05) is 13.1 Å². The third-order valence-corrected chi connectivity index (χ3v) is 8.28. The van der Waals surface area contributed by atoms with Crippen LogP contribution < -0.4 is 5.32 Å².